The van der Waals surface area contributed by atoms with E-state index in [0.29, 0.717) is 6.04 Å². The lowest BCUT2D eigenvalue weighted by Gasteiger charge is -2.28. The lowest BCUT2D eigenvalue weighted by Crippen LogP contribution is -2.37. The maximum atomic E-state index is 5.38. The Morgan fingerprint density at radius 2 is 2.13 bits per heavy atom. The van der Waals surface area contributed by atoms with Gasteiger partial charge < -0.3 is 10.1 Å². The topological polar surface area (TPSA) is 21.3 Å². The second-order valence-corrected chi connectivity index (χ2v) is 5.64. The van der Waals surface area contributed by atoms with E-state index in [4.69, 9.17) is 4.74 Å². The average Bonchev–Trinajstić information content (AvgIpc) is 2.30. The van der Waals surface area contributed by atoms with Crippen LogP contribution in [-0.2, 0) is 4.74 Å². The molecule has 1 N–H and O–H groups in total. The zero-order valence-electron chi connectivity index (χ0n) is 10.1. The molecule has 0 saturated carbocycles. The second-order valence-electron chi connectivity index (χ2n) is 4.24. The molecule has 3 heteroatoms. The molecule has 1 unspecified atom stereocenters. The molecular formula is C12H25NOS. The minimum atomic E-state index is 0.667. The Morgan fingerprint density at radius 3 is 2.80 bits per heavy atom. The Kier molecular flexibility index (Phi) is 7.49. The number of rotatable bonds is 7. The molecule has 0 aromatic rings. The van der Waals surface area contributed by atoms with Crippen LogP contribution < -0.4 is 5.32 Å². The lowest BCUT2D eigenvalue weighted by atomic mass is 9.93. The Bertz CT molecular complexity index is 149. The number of hydrogen-bond donors (Lipinski definition) is 1. The first kappa shape index (κ1) is 13.3. The first-order valence-corrected chi connectivity index (χ1v) is 7.39. The minimum Gasteiger partial charge on any atom is -0.381 e. The van der Waals surface area contributed by atoms with E-state index < -0.39 is 0 Å². The average molecular weight is 231 g/mol. The predicted octanol–water partition coefficient (Wildman–Crippen LogP) is 2.53. The molecule has 1 saturated heterocycles. The van der Waals surface area contributed by atoms with E-state index in [-0.39, 0.29) is 0 Å². The van der Waals surface area contributed by atoms with Crippen LogP contribution in [0.4, 0.5) is 0 Å². The molecule has 1 heterocycles. The summed E-state index contributed by atoms with van der Waals surface area (Å²) in [5.74, 6) is 3.37. The summed E-state index contributed by atoms with van der Waals surface area (Å²) >= 11 is 2.04. The van der Waals surface area contributed by atoms with Crippen LogP contribution in [0, 0.1) is 5.92 Å². The van der Waals surface area contributed by atoms with Crippen molar-refractivity contribution in [1.29, 1.82) is 0 Å². The van der Waals surface area contributed by atoms with Crippen molar-refractivity contribution in [2.45, 2.75) is 39.2 Å². The SMILES string of the molecule is CCSCCCNC(C)C1CCOCC1. The van der Waals surface area contributed by atoms with Crippen molar-refractivity contribution < 1.29 is 4.74 Å². The first-order valence-electron chi connectivity index (χ1n) is 6.23. The Hall–Kier alpha value is 0.270. The number of hydrogen-bond acceptors (Lipinski definition) is 3. The summed E-state index contributed by atoms with van der Waals surface area (Å²) in [6.45, 7) is 7.64. The highest BCUT2D eigenvalue weighted by Gasteiger charge is 2.19. The summed E-state index contributed by atoms with van der Waals surface area (Å²) in [5, 5.41) is 3.64. The highest BCUT2D eigenvalue weighted by molar-refractivity contribution is 7.99. The standard InChI is InChI=1S/C12H25NOS/c1-3-15-10-4-7-13-11(2)12-5-8-14-9-6-12/h11-13H,3-10H2,1-2H3. The number of ether oxygens (including phenoxy) is 1. The summed E-state index contributed by atoms with van der Waals surface area (Å²) in [4.78, 5) is 0. The van der Waals surface area contributed by atoms with Gasteiger partial charge in [-0.1, -0.05) is 6.92 Å². The van der Waals surface area contributed by atoms with E-state index in [1.54, 1.807) is 0 Å². The van der Waals surface area contributed by atoms with Crippen molar-refractivity contribution in [1.82, 2.24) is 5.32 Å². The summed E-state index contributed by atoms with van der Waals surface area (Å²) in [6.07, 6.45) is 3.77. The van der Waals surface area contributed by atoms with E-state index in [2.05, 4.69) is 19.2 Å². The summed E-state index contributed by atoms with van der Waals surface area (Å²) < 4.78 is 5.38. The van der Waals surface area contributed by atoms with E-state index >= 15 is 0 Å². The molecule has 1 atom stereocenters. The molecule has 15 heavy (non-hydrogen) atoms. The van der Waals surface area contributed by atoms with Gasteiger partial charge in [-0.15, -0.1) is 0 Å². The summed E-state index contributed by atoms with van der Waals surface area (Å²) in [7, 11) is 0. The zero-order valence-corrected chi connectivity index (χ0v) is 10.9. The van der Waals surface area contributed by atoms with Gasteiger partial charge in [-0.25, -0.2) is 0 Å². The van der Waals surface area contributed by atoms with Gasteiger partial charge in [-0.05, 0) is 50.2 Å². The van der Waals surface area contributed by atoms with Gasteiger partial charge in [-0.3, -0.25) is 0 Å². The normalized spacial score (nSPS) is 20.4. The van der Waals surface area contributed by atoms with Crippen molar-refractivity contribution in [2.24, 2.45) is 5.92 Å². The Labute approximate surface area is 98.5 Å². The van der Waals surface area contributed by atoms with Crippen molar-refractivity contribution in [3.63, 3.8) is 0 Å². The fourth-order valence-corrected chi connectivity index (χ4v) is 2.67. The molecule has 0 spiro atoms. The number of thioether (sulfide) groups is 1. The molecule has 2 nitrogen and oxygen atoms in total. The highest BCUT2D eigenvalue weighted by Crippen LogP contribution is 2.18. The van der Waals surface area contributed by atoms with Crippen molar-refractivity contribution >= 4 is 11.8 Å². The molecule has 0 radical (unpaired) electrons. The third kappa shape index (κ3) is 5.79. The predicted molar refractivity (Wildman–Crippen MR) is 68.6 cm³/mol. The molecular weight excluding hydrogens is 206 g/mol. The van der Waals surface area contributed by atoms with Crippen LogP contribution in [0.15, 0.2) is 0 Å². The third-order valence-electron chi connectivity index (χ3n) is 3.11. The second kappa shape index (κ2) is 8.43. The monoisotopic (exact) mass is 231 g/mol. The molecule has 1 aliphatic rings. The third-order valence-corrected chi connectivity index (χ3v) is 4.09. The van der Waals surface area contributed by atoms with Gasteiger partial charge in [0.15, 0.2) is 0 Å². The van der Waals surface area contributed by atoms with E-state index in [9.17, 15) is 0 Å². The van der Waals surface area contributed by atoms with Crippen LogP contribution in [0.2, 0.25) is 0 Å². The van der Waals surface area contributed by atoms with Gasteiger partial charge in [0.25, 0.3) is 0 Å². The first-order chi connectivity index (χ1) is 7.34. The molecule has 0 aromatic carbocycles. The quantitative estimate of drug-likeness (QED) is 0.680. The van der Waals surface area contributed by atoms with Crippen molar-refractivity contribution in [3.05, 3.63) is 0 Å². The minimum absolute atomic E-state index is 0.667. The van der Waals surface area contributed by atoms with Crippen LogP contribution in [0.5, 0.6) is 0 Å². The maximum absolute atomic E-state index is 5.38. The van der Waals surface area contributed by atoms with Gasteiger partial charge in [-0.2, -0.15) is 11.8 Å². The lowest BCUT2D eigenvalue weighted by molar-refractivity contribution is 0.0560. The van der Waals surface area contributed by atoms with E-state index in [1.807, 2.05) is 11.8 Å². The Balaban J connectivity index is 1.99. The van der Waals surface area contributed by atoms with Crippen LogP contribution in [0.1, 0.15) is 33.1 Å². The highest BCUT2D eigenvalue weighted by atomic mass is 32.2. The van der Waals surface area contributed by atoms with Gasteiger partial charge in [0.1, 0.15) is 0 Å². The molecule has 0 aromatic heterocycles. The number of nitrogens with one attached hydrogen (secondary N) is 1. The van der Waals surface area contributed by atoms with Crippen LogP contribution in [-0.4, -0.2) is 37.3 Å². The largest absolute Gasteiger partial charge is 0.381 e. The molecule has 0 bridgehead atoms. The van der Waals surface area contributed by atoms with Gasteiger partial charge in [0.2, 0.25) is 0 Å². The smallest absolute Gasteiger partial charge is 0.0469 e. The summed E-state index contributed by atoms with van der Waals surface area (Å²) in [6, 6.07) is 0.667. The zero-order chi connectivity index (χ0) is 10.9. The molecule has 90 valence electrons. The summed E-state index contributed by atoms with van der Waals surface area (Å²) in [5.41, 5.74) is 0. The molecule has 1 aliphatic heterocycles. The molecule has 1 fully saturated rings. The fourth-order valence-electron chi connectivity index (χ4n) is 2.03. The van der Waals surface area contributed by atoms with Crippen molar-refractivity contribution in [3.8, 4) is 0 Å². The van der Waals surface area contributed by atoms with Gasteiger partial charge >= 0.3 is 0 Å². The molecule has 0 aliphatic carbocycles. The van der Waals surface area contributed by atoms with Crippen LogP contribution >= 0.6 is 11.8 Å². The maximum Gasteiger partial charge on any atom is 0.0469 e. The van der Waals surface area contributed by atoms with E-state index in [1.165, 1.54) is 37.3 Å². The molecule has 0 amide bonds. The Morgan fingerprint density at radius 1 is 1.40 bits per heavy atom. The van der Waals surface area contributed by atoms with Crippen molar-refractivity contribution in [2.75, 3.05) is 31.3 Å². The van der Waals surface area contributed by atoms with Gasteiger partial charge in [0.05, 0.1) is 0 Å². The fraction of sp³-hybridized carbons (Fsp3) is 1.00. The van der Waals surface area contributed by atoms with Gasteiger partial charge in [0, 0.05) is 19.3 Å². The van der Waals surface area contributed by atoms with E-state index in [0.717, 1.165) is 19.1 Å². The van der Waals surface area contributed by atoms with Crippen LogP contribution in [0.3, 0.4) is 0 Å². The van der Waals surface area contributed by atoms with Crippen LogP contribution in [0.25, 0.3) is 0 Å². The molecule has 1 rings (SSSR count).